The summed E-state index contributed by atoms with van der Waals surface area (Å²) in [6.45, 7) is 0. The Hall–Kier alpha value is -3.74. The highest BCUT2D eigenvalue weighted by molar-refractivity contribution is 5.71. The third-order valence-electron chi connectivity index (χ3n) is 4.20. The molecule has 4 aromatic rings. The number of hydrogen-bond donors (Lipinski definition) is 1. The molecule has 2 aromatic carbocycles. The van der Waals surface area contributed by atoms with E-state index in [2.05, 4.69) is 15.0 Å². The predicted octanol–water partition coefficient (Wildman–Crippen LogP) is 2.36. The lowest BCUT2D eigenvalue weighted by Gasteiger charge is -2.10. The number of nitrogens with zero attached hydrogens (tertiary/aromatic N) is 4. The van der Waals surface area contributed by atoms with Gasteiger partial charge < -0.3 is 10.5 Å². The molecule has 0 aliphatic heterocycles. The molecule has 4 rings (SSSR count). The minimum Gasteiger partial charge on any atom is -0.497 e. The second-order valence-corrected chi connectivity index (χ2v) is 6.05. The summed E-state index contributed by atoms with van der Waals surface area (Å²) in [5.41, 5.74) is 8.83. The lowest BCUT2D eigenvalue weighted by molar-refractivity contribution is 0.414. The van der Waals surface area contributed by atoms with Crippen molar-refractivity contribution in [1.29, 1.82) is 0 Å². The van der Waals surface area contributed by atoms with Gasteiger partial charge in [-0.1, -0.05) is 18.2 Å². The van der Waals surface area contributed by atoms with Crippen molar-refractivity contribution in [3.8, 4) is 11.4 Å². The third kappa shape index (κ3) is 3.35. The highest BCUT2D eigenvalue weighted by Gasteiger charge is 2.11. The summed E-state index contributed by atoms with van der Waals surface area (Å²) < 4.78 is 6.67. The number of aromatic nitrogens is 4. The van der Waals surface area contributed by atoms with Crippen molar-refractivity contribution in [2.45, 2.75) is 6.42 Å². The van der Waals surface area contributed by atoms with Gasteiger partial charge >= 0.3 is 0 Å². The van der Waals surface area contributed by atoms with E-state index in [-0.39, 0.29) is 5.56 Å². The number of benzene rings is 2. The van der Waals surface area contributed by atoms with Gasteiger partial charge in [0.1, 0.15) is 17.1 Å². The van der Waals surface area contributed by atoms with Gasteiger partial charge in [0.05, 0.1) is 25.2 Å². The Morgan fingerprint density at radius 3 is 2.63 bits per heavy atom. The highest BCUT2D eigenvalue weighted by atomic mass is 16.5. The second-order valence-electron chi connectivity index (χ2n) is 6.05. The van der Waals surface area contributed by atoms with E-state index in [4.69, 9.17) is 10.5 Å². The minimum atomic E-state index is -0.276. The van der Waals surface area contributed by atoms with Gasteiger partial charge in [-0.25, -0.2) is 15.0 Å². The molecule has 2 heterocycles. The van der Waals surface area contributed by atoms with Crippen LogP contribution in [-0.2, 0) is 6.42 Å². The Balaban J connectivity index is 1.80. The van der Waals surface area contributed by atoms with Crippen LogP contribution in [0.15, 0.2) is 65.7 Å². The Bertz CT molecular complexity index is 1170. The van der Waals surface area contributed by atoms with E-state index in [0.717, 1.165) is 11.3 Å². The number of hydrogen-bond acceptors (Lipinski definition) is 6. The highest BCUT2D eigenvalue weighted by Crippen LogP contribution is 2.17. The van der Waals surface area contributed by atoms with Crippen LogP contribution in [0, 0.1) is 0 Å². The molecule has 0 atom stereocenters. The zero-order valence-corrected chi connectivity index (χ0v) is 14.7. The number of fused-ring (bicyclic) bond motifs is 1. The van der Waals surface area contributed by atoms with E-state index in [9.17, 15) is 4.79 Å². The second kappa shape index (κ2) is 6.87. The number of methoxy groups -OCH3 is 1. The maximum Gasteiger partial charge on any atom is 0.275 e. The van der Waals surface area contributed by atoms with Crippen LogP contribution in [-0.4, -0.2) is 26.6 Å². The Labute approximate surface area is 155 Å². The van der Waals surface area contributed by atoms with Crippen molar-refractivity contribution >= 4 is 16.9 Å². The molecule has 0 saturated carbocycles. The number of rotatable bonds is 4. The molecule has 7 heteroatoms. The summed E-state index contributed by atoms with van der Waals surface area (Å²) >= 11 is 0. The van der Waals surface area contributed by atoms with Crippen LogP contribution in [0.3, 0.4) is 0 Å². The Kier molecular flexibility index (Phi) is 4.25. The molecule has 0 amide bonds. The van der Waals surface area contributed by atoms with E-state index in [1.54, 1.807) is 31.5 Å². The predicted molar refractivity (Wildman–Crippen MR) is 103 cm³/mol. The quantitative estimate of drug-likeness (QED) is 0.562. The molecule has 0 unspecified atom stereocenters. The molecule has 0 saturated heterocycles. The fourth-order valence-electron chi connectivity index (χ4n) is 2.87. The van der Waals surface area contributed by atoms with Crippen molar-refractivity contribution in [3.63, 3.8) is 0 Å². The summed E-state index contributed by atoms with van der Waals surface area (Å²) in [5, 5.41) is 0. The average Bonchev–Trinajstić information content (AvgIpc) is 2.68. The zero-order valence-electron chi connectivity index (χ0n) is 14.7. The van der Waals surface area contributed by atoms with Gasteiger partial charge in [-0.3, -0.25) is 9.36 Å². The number of nitrogens with two attached hydrogens (primary N) is 1. The van der Waals surface area contributed by atoms with Crippen molar-refractivity contribution < 1.29 is 4.74 Å². The first-order chi connectivity index (χ1) is 13.1. The SMILES string of the molecule is COc1ccc(Cc2ncc3ncc(=O)n(-c4cccc(N)c4)c3n2)cc1. The summed E-state index contributed by atoms with van der Waals surface area (Å²) in [4.78, 5) is 25.6. The van der Waals surface area contributed by atoms with Gasteiger partial charge in [-0.2, -0.15) is 0 Å². The number of ether oxygens (including phenoxy) is 1. The molecular formula is C20H17N5O2. The topological polar surface area (TPSA) is 95.9 Å². The Morgan fingerprint density at radius 1 is 1.07 bits per heavy atom. The van der Waals surface area contributed by atoms with Crippen molar-refractivity contribution in [2.24, 2.45) is 0 Å². The normalized spacial score (nSPS) is 10.9. The smallest absolute Gasteiger partial charge is 0.275 e. The molecule has 0 fully saturated rings. The summed E-state index contributed by atoms with van der Waals surface area (Å²) in [6.07, 6.45) is 3.42. The monoisotopic (exact) mass is 359 g/mol. The van der Waals surface area contributed by atoms with E-state index in [1.165, 1.54) is 10.8 Å². The first-order valence-electron chi connectivity index (χ1n) is 8.36. The van der Waals surface area contributed by atoms with Crippen LogP contribution < -0.4 is 16.0 Å². The minimum absolute atomic E-state index is 0.276. The summed E-state index contributed by atoms with van der Waals surface area (Å²) in [5.74, 6) is 1.38. The molecule has 0 aliphatic rings. The van der Waals surface area contributed by atoms with Gasteiger partial charge in [0, 0.05) is 12.1 Å². The van der Waals surface area contributed by atoms with E-state index >= 15 is 0 Å². The van der Waals surface area contributed by atoms with Crippen LogP contribution in [0.5, 0.6) is 5.75 Å². The van der Waals surface area contributed by atoms with Gasteiger partial charge in [0.15, 0.2) is 5.65 Å². The first kappa shape index (κ1) is 16.7. The molecule has 7 nitrogen and oxygen atoms in total. The van der Waals surface area contributed by atoms with E-state index < -0.39 is 0 Å². The summed E-state index contributed by atoms with van der Waals surface area (Å²) in [7, 11) is 1.63. The molecule has 0 radical (unpaired) electrons. The molecule has 2 aromatic heterocycles. The van der Waals surface area contributed by atoms with Gasteiger partial charge in [-0.05, 0) is 35.9 Å². The Morgan fingerprint density at radius 2 is 1.89 bits per heavy atom. The van der Waals surface area contributed by atoms with Crippen molar-refractivity contribution in [3.05, 3.63) is 82.7 Å². The van der Waals surface area contributed by atoms with Crippen LogP contribution >= 0.6 is 0 Å². The number of anilines is 1. The standard InChI is InChI=1S/C20H17N5O2/c1-27-16-7-5-13(6-8-16)9-18-23-11-17-20(24-18)25(19(26)12-22-17)15-4-2-3-14(21)10-15/h2-8,10-12H,9,21H2,1H3. The molecule has 27 heavy (non-hydrogen) atoms. The van der Waals surface area contributed by atoms with Crippen molar-refractivity contribution in [1.82, 2.24) is 19.5 Å². The van der Waals surface area contributed by atoms with Crippen molar-refractivity contribution in [2.75, 3.05) is 12.8 Å². The fourth-order valence-corrected chi connectivity index (χ4v) is 2.87. The maximum absolute atomic E-state index is 12.5. The van der Waals surface area contributed by atoms with Crippen LogP contribution in [0.4, 0.5) is 5.69 Å². The largest absolute Gasteiger partial charge is 0.497 e. The third-order valence-corrected chi connectivity index (χ3v) is 4.20. The lowest BCUT2D eigenvalue weighted by atomic mass is 10.1. The molecule has 134 valence electrons. The first-order valence-corrected chi connectivity index (χ1v) is 8.36. The van der Waals surface area contributed by atoms with Gasteiger partial charge in [0.25, 0.3) is 5.56 Å². The van der Waals surface area contributed by atoms with Gasteiger partial charge in [-0.15, -0.1) is 0 Å². The zero-order chi connectivity index (χ0) is 18.8. The fraction of sp³-hybridized carbons (Fsp3) is 0.100. The lowest BCUT2D eigenvalue weighted by Crippen LogP contribution is -2.20. The van der Waals surface area contributed by atoms with Gasteiger partial charge in [0.2, 0.25) is 0 Å². The van der Waals surface area contributed by atoms with E-state index in [0.29, 0.717) is 34.8 Å². The molecule has 0 spiro atoms. The van der Waals surface area contributed by atoms with Crippen LogP contribution in [0.2, 0.25) is 0 Å². The molecule has 0 aliphatic carbocycles. The average molecular weight is 359 g/mol. The molecular weight excluding hydrogens is 342 g/mol. The molecule has 2 N–H and O–H groups in total. The molecule has 0 bridgehead atoms. The van der Waals surface area contributed by atoms with E-state index in [1.807, 2.05) is 30.3 Å². The maximum atomic E-state index is 12.5. The number of nitrogen functional groups attached to an aromatic ring is 1. The van der Waals surface area contributed by atoms with Crippen LogP contribution in [0.25, 0.3) is 16.9 Å². The van der Waals surface area contributed by atoms with Crippen LogP contribution in [0.1, 0.15) is 11.4 Å². The summed E-state index contributed by atoms with van der Waals surface area (Å²) in [6, 6.07) is 14.8.